The molecule has 0 bridgehead atoms. The molecule has 0 N–H and O–H groups in total. The first-order valence-electron chi connectivity index (χ1n) is 20.2. The van der Waals surface area contributed by atoms with Crippen LogP contribution in [-0.2, 0) is 0 Å². The number of pyridine rings is 1. The lowest BCUT2D eigenvalue weighted by Gasteiger charge is -2.13. The van der Waals surface area contributed by atoms with E-state index in [1.54, 1.807) is 0 Å². The molecule has 4 nitrogen and oxygen atoms in total. The molecule has 0 spiro atoms. The lowest BCUT2D eigenvalue weighted by molar-refractivity contribution is 1.07. The van der Waals surface area contributed by atoms with E-state index >= 15 is 0 Å². The van der Waals surface area contributed by atoms with Crippen molar-refractivity contribution in [1.82, 2.24) is 19.9 Å². The summed E-state index contributed by atoms with van der Waals surface area (Å²) in [5.41, 5.74) is 12.8. The van der Waals surface area contributed by atoms with Crippen LogP contribution in [0.2, 0.25) is 0 Å². The predicted octanol–water partition coefficient (Wildman–Crippen LogP) is 14.4. The molecule has 2 aromatic heterocycles. The standard InChI is InChI=1S/C56H36N4/c1-3-12-37(13-4-1)38-24-30-44(31-25-38)55-58-54(43-15-5-2-6-16-43)59-56(60-55)45-32-26-40(27-33-45)47-18-11-17-46(36-47)39-22-28-42(29-23-39)53-52-48-19-8-7-14-41(48)34-35-50(52)49-20-9-10-21-51(49)57-53/h1-36H. The monoisotopic (exact) mass is 764 g/mol. The van der Waals surface area contributed by atoms with Gasteiger partial charge in [0.15, 0.2) is 17.5 Å². The molecule has 280 valence electrons. The number of hydrogen-bond donors (Lipinski definition) is 0. The molecule has 2 heterocycles. The van der Waals surface area contributed by atoms with E-state index in [4.69, 9.17) is 19.9 Å². The van der Waals surface area contributed by atoms with Crippen LogP contribution >= 0.6 is 0 Å². The smallest absolute Gasteiger partial charge is 0.164 e. The molecule has 4 heteroatoms. The van der Waals surface area contributed by atoms with E-state index < -0.39 is 0 Å². The Labute approximate surface area is 348 Å². The van der Waals surface area contributed by atoms with Crippen molar-refractivity contribution in [1.29, 1.82) is 0 Å². The van der Waals surface area contributed by atoms with E-state index in [1.165, 1.54) is 32.5 Å². The second kappa shape index (κ2) is 15.0. The molecule has 11 aromatic rings. The molecule has 0 atom stereocenters. The second-order valence-corrected chi connectivity index (χ2v) is 15.0. The number of aromatic nitrogens is 4. The second-order valence-electron chi connectivity index (χ2n) is 15.0. The van der Waals surface area contributed by atoms with Crippen LogP contribution < -0.4 is 0 Å². The van der Waals surface area contributed by atoms with Crippen LogP contribution in [0.4, 0.5) is 0 Å². The third kappa shape index (κ3) is 6.56. The first kappa shape index (κ1) is 35.1. The minimum atomic E-state index is 0.632. The summed E-state index contributed by atoms with van der Waals surface area (Å²) in [7, 11) is 0. The average molecular weight is 765 g/mol. The number of hydrogen-bond acceptors (Lipinski definition) is 4. The maximum atomic E-state index is 5.25. The molecule has 0 aliphatic carbocycles. The predicted molar refractivity (Wildman–Crippen MR) is 248 cm³/mol. The van der Waals surface area contributed by atoms with Gasteiger partial charge in [-0.15, -0.1) is 0 Å². The fourth-order valence-electron chi connectivity index (χ4n) is 8.24. The van der Waals surface area contributed by atoms with Crippen LogP contribution in [0.5, 0.6) is 0 Å². The zero-order chi connectivity index (χ0) is 39.8. The summed E-state index contributed by atoms with van der Waals surface area (Å²) in [6, 6.07) is 76.5. The van der Waals surface area contributed by atoms with Crippen molar-refractivity contribution in [2.24, 2.45) is 0 Å². The Morgan fingerprint density at radius 3 is 1.25 bits per heavy atom. The molecule has 0 unspecified atom stereocenters. The van der Waals surface area contributed by atoms with Gasteiger partial charge >= 0.3 is 0 Å². The summed E-state index contributed by atoms with van der Waals surface area (Å²) >= 11 is 0. The van der Waals surface area contributed by atoms with E-state index in [9.17, 15) is 0 Å². The number of benzene rings is 9. The van der Waals surface area contributed by atoms with E-state index in [-0.39, 0.29) is 0 Å². The molecule has 0 aliphatic heterocycles. The van der Waals surface area contributed by atoms with Crippen molar-refractivity contribution in [3.05, 3.63) is 218 Å². The average Bonchev–Trinajstić information content (AvgIpc) is 3.34. The van der Waals surface area contributed by atoms with Crippen LogP contribution in [0.15, 0.2) is 218 Å². The minimum Gasteiger partial charge on any atom is -0.247 e. The van der Waals surface area contributed by atoms with Crippen molar-refractivity contribution in [2.45, 2.75) is 0 Å². The summed E-state index contributed by atoms with van der Waals surface area (Å²) in [5.74, 6) is 1.91. The van der Waals surface area contributed by atoms with Gasteiger partial charge in [0.25, 0.3) is 0 Å². The van der Waals surface area contributed by atoms with E-state index in [0.29, 0.717) is 17.5 Å². The number of para-hydroxylation sites is 1. The van der Waals surface area contributed by atoms with Crippen LogP contribution in [0.1, 0.15) is 0 Å². The molecule has 60 heavy (non-hydrogen) atoms. The lowest BCUT2D eigenvalue weighted by Crippen LogP contribution is -2.00. The zero-order valence-corrected chi connectivity index (χ0v) is 32.6. The molecule has 0 amide bonds. The van der Waals surface area contributed by atoms with Crippen LogP contribution in [0.25, 0.3) is 111 Å². The van der Waals surface area contributed by atoms with Crippen molar-refractivity contribution in [2.75, 3.05) is 0 Å². The van der Waals surface area contributed by atoms with Crippen molar-refractivity contribution in [3.63, 3.8) is 0 Å². The molecule has 0 saturated carbocycles. The highest BCUT2D eigenvalue weighted by molar-refractivity contribution is 6.21. The number of fused-ring (bicyclic) bond motifs is 5. The molecular formula is C56H36N4. The van der Waals surface area contributed by atoms with Gasteiger partial charge in [0.1, 0.15) is 0 Å². The fraction of sp³-hybridized carbons (Fsp3) is 0. The van der Waals surface area contributed by atoms with Crippen molar-refractivity contribution >= 4 is 32.4 Å². The van der Waals surface area contributed by atoms with E-state index in [1.807, 2.05) is 36.4 Å². The highest BCUT2D eigenvalue weighted by Crippen LogP contribution is 2.38. The largest absolute Gasteiger partial charge is 0.247 e. The Balaban J connectivity index is 0.908. The van der Waals surface area contributed by atoms with Gasteiger partial charge in [-0.1, -0.05) is 206 Å². The van der Waals surface area contributed by atoms with E-state index in [0.717, 1.165) is 61.3 Å². The first-order valence-corrected chi connectivity index (χ1v) is 20.2. The van der Waals surface area contributed by atoms with E-state index in [2.05, 4.69) is 182 Å². The molecule has 0 radical (unpaired) electrons. The SMILES string of the molecule is c1ccc(-c2ccc(-c3nc(-c4ccccc4)nc(-c4ccc(-c5cccc(-c6ccc(-c7nc8ccccc8c8ccc9ccccc9c78)cc6)c5)cc4)n3)cc2)cc1. The minimum absolute atomic E-state index is 0.632. The molecular weight excluding hydrogens is 729 g/mol. The molecule has 9 aromatic carbocycles. The first-order chi connectivity index (χ1) is 29.7. The third-order valence-corrected chi connectivity index (χ3v) is 11.3. The Morgan fingerprint density at radius 1 is 0.233 bits per heavy atom. The summed E-state index contributed by atoms with van der Waals surface area (Å²) in [6.07, 6.45) is 0. The van der Waals surface area contributed by atoms with Gasteiger partial charge in [-0.2, -0.15) is 0 Å². The van der Waals surface area contributed by atoms with Gasteiger partial charge < -0.3 is 0 Å². The number of rotatable bonds is 7. The van der Waals surface area contributed by atoms with Gasteiger partial charge in [-0.3, -0.25) is 0 Å². The quantitative estimate of drug-likeness (QED) is 0.152. The van der Waals surface area contributed by atoms with Gasteiger partial charge in [0.2, 0.25) is 0 Å². The molecule has 11 rings (SSSR count). The van der Waals surface area contributed by atoms with Gasteiger partial charge in [-0.25, -0.2) is 19.9 Å². The maximum absolute atomic E-state index is 5.25. The van der Waals surface area contributed by atoms with Gasteiger partial charge in [0.05, 0.1) is 11.2 Å². The maximum Gasteiger partial charge on any atom is 0.164 e. The fourth-order valence-corrected chi connectivity index (χ4v) is 8.24. The molecule has 0 saturated heterocycles. The van der Waals surface area contributed by atoms with Gasteiger partial charge in [0, 0.05) is 33.0 Å². The van der Waals surface area contributed by atoms with Crippen LogP contribution in [0.3, 0.4) is 0 Å². The summed E-state index contributed by atoms with van der Waals surface area (Å²) < 4.78 is 0. The molecule has 0 aliphatic rings. The molecule has 0 fully saturated rings. The highest BCUT2D eigenvalue weighted by atomic mass is 15.0. The summed E-state index contributed by atoms with van der Waals surface area (Å²) in [6.45, 7) is 0. The van der Waals surface area contributed by atoms with Crippen LogP contribution in [0, 0.1) is 0 Å². The Hall–Kier alpha value is -8.08. The summed E-state index contributed by atoms with van der Waals surface area (Å²) in [5, 5.41) is 6.01. The Bertz CT molecular complexity index is 3330. The Morgan fingerprint density at radius 2 is 0.650 bits per heavy atom. The van der Waals surface area contributed by atoms with Gasteiger partial charge in [-0.05, 0) is 61.7 Å². The normalized spacial score (nSPS) is 11.3. The highest BCUT2D eigenvalue weighted by Gasteiger charge is 2.15. The van der Waals surface area contributed by atoms with Crippen molar-refractivity contribution in [3.8, 4) is 78.8 Å². The third-order valence-electron chi connectivity index (χ3n) is 11.3. The summed E-state index contributed by atoms with van der Waals surface area (Å²) in [4.78, 5) is 20.2. The topological polar surface area (TPSA) is 51.6 Å². The Kier molecular flexibility index (Phi) is 8.79. The van der Waals surface area contributed by atoms with Crippen LogP contribution in [-0.4, -0.2) is 19.9 Å². The number of nitrogens with zero attached hydrogens (tertiary/aromatic N) is 4. The zero-order valence-electron chi connectivity index (χ0n) is 32.6. The lowest BCUT2D eigenvalue weighted by atomic mass is 9.94. The van der Waals surface area contributed by atoms with Crippen molar-refractivity contribution < 1.29 is 0 Å².